The maximum absolute atomic E-state index is 12.7. The van der Waals surface area contributed by atoms with Crippen LogP contribution < -0.4 is 16.2 Å². The molecule has 3 amide bonds. The third kappa shape index (κ3) is 6.15. The van der Waals surface area contributed by atoms with Gasteiger partial charge >= 0.3 is 12.0 Å². The van der Waals surface area contributed by atoms with Crippen LogP contribution in [-0.4, -0.2) is 40.3 Å². The number of fused-ring (bicyclic) bond motifs is 1. The van der Waals surface area contributed by atoms with E-state index in [0.717, 1.165) is 51.4 Å². The lowest BCUT2D eigenvalue weighted by Gasteiger charge is -2.13. The molecule has 1 aliphatic rings. The molecule has 0 bridgehead atoms. The number of unbranched alkanes of at least 4 members (excludes halogenated alkanes) is 3. The lowest BCUT2D eigenvalue weighted by molar-refractivity contribution is -0.123. The van der Waals surface area contributed by atoms with Gasteiger partial charge in [0.25, 0.3) is 11.5 Å². The van der Waals surface area contributed by atoms with Crippen LogP contribution in [0.1, 0.15) is 68.8 Å². The quantitative estimate of drug-likeness (QED) is 0.455. The van der Waals surface area contributed by atoms with E-state index in [1.54, 1.807) is 24.3 Å². The standard InChI is InChI=1S/C23H30N4O5/c1-2-3-4-9-14-27-21(29)18-13-8-7-12-17(18)20(26-27)22(30)32-15-19(28)25-23(31)24-16-10-5-6-11-16/h7-8,12-13,16H,2-6,9-11,14-15H2,1H3,(H2,24,25,28,31). The van der Waals surface area contributed by atoms with Crippen molar-refractivity contribution in [1.29, 1.82) is 0 Å². The number of aryl methyl sites for hydroxylation is 1. The molecule has 0 unspecified atom stereocenters. The number of hydrogen-bond acceptors (Lipinski definition) is 6. The molecule has 0 radical (unpaired) electrons. The average Bonchev–Trinajstić information content (AvgIpc) is 3.29. The highest BCUT2D eigenvalue weighted by atomic mass is 16.5. The lowest BCUT2D eigenvalue weighted by Crippen LogP contribution is -2.45. The number of nitrogens with one attached hydrogen (secondary N) is 2. The summed E-state index contributed by atoms with van der Waals surface area (Å²) in [6, 6.07) is 6.15. The number of hydrogen-bond donors (Lipinski definition) is 2. The second kappa shape index (κ2) is 11.4. The Morgan fingerprint density at radius 3 is 2.53 bits per heavy atom. The van der Waals surface area contributed by atoms with Gasteiger partial charge in [0, 0.05) is 18.0 Å². The third-order valence-electron chi connectivity index (χ3n) is 5.56. The van der Waals surface area contributed by atoms with Crippen molar-refractivity contribution in [2.75, 3.05) is 6.61 Å². The number of rotatable bonds is 9. The molecule has 0 atom stereocenters. The van der Waals surface area contributed by atoms with Gasteiger partial charge in [0.1, 0.15) is 0 Å². The molecule has 32 heavy (non-hydrogen) atoms. The highest BCUT2D eigenvalue weighted by molar-refractivity contribution is 6.03. The van der Waals surface area contributed by atoms with Crippen LogP contribution in [0.3, 0.4) is 0 Å². The third-order valence-corrected chi connectivity index (χ3v) is 5.56. The highest BCUT2D eigenvalue weighted by Gasteiger charge is 2.21. The number of nitrogens with zero attached hydrogens (tertiary/aromatic N) is 2. The maximum atomic E-state index is 12.7. The van der Waals surface area contributed by atoms with Gasteiger partial charge in [0.15, 0.2) is 12.3 Å². The van der Waals surface area contributed by atoms with Gasteiger partial charge in [-0.25, -0.2) is 14.3 Å². The van der Waals surface area contributed by atoms with Crippen LogP contribution in [0, 0.1) is 0 Å². The molecular weight excluding hydrogens is 412 g/mol. The number of carbonyl (C=O) groups is 3. The molecule has 0 spiro atoms. The largest absolute Gasteiger partial charge is 0.451 e. The average molecular weight is 443 g/mol. The van der Waals surface area contributed by atoms with Gasteiger partial charge in [-0.1, -0.05) is 57.2 Å². The molecule has 1 heterocycles. The molecule has 9 heteroatoms. The molecule has 1 fully saturated rings. The van der Waals surface area contributed by atoms with Crippen LogP contribution in [0.15, 0.2) is 29.1 Å². The van der Waals surface area contributed by atoms with Crippen molar-refractivity contribution in [2.24, 2.45) is 0 Å². The summed E-state index contributed by atoms with van der Waals surface area (Å²) in [7, 11) is 0. The van der Waals surface area contributed by atoms with Crippen LogP contribution in [0.2, 0.25) is 0 Å². The van der Waals surface area contributed by atoms with Gasteiger partial charge in [0.05, 0.1) is 5.39 Å². The Labute approximate surface area is 186 Å². The Morgan fingerprint density at radius 2 is 1.81 bits per heavy atom. The first-order valence-electron chi connectivity index (χ1n) is 11.3. The molecule has 172 valence electrons. The van der Waals surface area contributed by atoms with Gasteiger partial charge < -0.3 is 10.1 Å². The summed E-state index contributed by atoms with van der Waals surface area (Å²) in [5.74, 6) is -1.55. The number of ether oxygens (including phenoxy) is 1. The number of esters is 1. The van der Waals surface area contributed by atoms with Crippen molar-refractivity contribution in [1.82, 2.24) is 20.4 Å². The molecule has 2 N–H and O–H groups in total. The monoisotopic (exact) mass is 442 g/mol. The Bertz CT molecular complexity index is 1030. The van der Waals surface area contributed by atoms with Crippen molar-refractivity contribution in [3.8, 4) is 0 Å². The summed E-state index contributed by atoms with van der Waals surface area (Å²) in [6.07, 6.45) is 7.74. The van der Waals surface area contributed by atoms with E-state index in [-0.39, 0.29) is 17.3 Å². The van der Waals surface area contributed by atoms with E-state index in [9.17, 15) is 19.2 Å². The summed E-state index contributed by atoms with van der Waals surface area (Å²) in [4.78, 5) is 49.3. The van der Waals surface area contributed by atoms with Gasteiger partial charge in [-0.15, -0.1) is 0 Å². The molecule has 2 aromatic rings. The number of imide groups is 1. The predicted molar refractivity (Wildman–Crippen MR) is 119 cm³/mol. The summed E-state index contributed by atoms with van der Waals surface area (Å²) in [5, 5.41) is 9.86. The summed E-state index contributed by atoms with van der Waals surface area (Å²) >= 11 is 0. The van der Waals surface area contributed by atoms with Crippen LogP contribution in [0.25, 0.3) is 10.8 Å². The Balaban J connectivity index is 1.65. The minimum Gasteiger partial charge on any atom is -0.451 e. The van der Waals surface area contributed by atoms with Crippen molar-refractivity contribution in [3.05, 3.63) is 40.3 Å². The van der Waals surface area contributed by atoms with E-state index in [1.807, 2.05) is 0 Å². The first-order valence-corrected chi connectivity index (χ1v) is 11.3. The van der Waals surface area contributed by atoms with E-state index in [0.29, 0.717) is 17.3 Å². The zero-order valence-electron chi connectivity index (χ0n) is 18.4. The number of amides is 3. The fraction of sp³-hybridized carbons (Fsp3) is 0.522. The molecule has 3 rings (SSSR count). The lowest BCUT2D eigenvalue weighted by atomic mass is 10.1. The van der Waals surface area contributed by atoms with Crippen molar-refractivity contribution < 1.29 is 19.1 Å². The summed E-state index contributed by atoms with van der Waals surface area (Å²) in [6.45, 7) is 1.87. The van der Waals surface area contributed by atoms with E-state index in [1.165, 1.54) is 4.68 Å². The molecule has 1 aromatic heterocycles. The Hall–Kier alpha value is -3.23. The zero-order chi connectivity index (χ0) is 22.9. The second-order valence-electron chi connectivity index (χ2n) is 8.06. The van der Waals surface area contributed by atoms with E-state index >= 15 is 0 Å². The van der Waals surface area contributed by atoms with Gasteiger partial charge in [0.2, 0.25) is 0 Å². The normalized spacial score (nSPS) is 13.8. The van der Waals surface area contributed by atoms with Crippen molar-refractivity contribution >= 4 is 28.7 Å². The fourth-order valence-electron chi connectivity index (χ4n) is 3.88. The smallest absolute Gasteiger partial charge is 0.359 e. The summed E-state index contributed by atoms with van der Waals surface area (Å²) < 4.78 is 6.38. The van der Waals surface area contributed by atoms with Crippen LogP contribution in [0.5, 0.6) is 0 Å². The zero-order valence-corrected chi connectivity index (χ0v) is 18.4. The minimum atomic E-state index is -0.824. The Kier molecular flexibility index (Phi) is 8.35. The topological polar surface area (TPSA) is 119 Å². The molecule has 1 aromatic carbocycles. The fourth-order valence-corrected chi connectivity index (χ4v) is 3.88. The molecule has 0 aliphatic heterocycles. The molecule has 1 aliphatic carbocycles. The maximum Gasteiger partial charge on any atom is 0.359 e. The predicted octanol–water partition coefficient (Wildman–Crippen LogP) is 2.90. The number of benzene rings is 1. The van der Waals surface area contributed by atoms with Crippen LogP contribution >= 0.6 is 0 Å². The molecule has 9 nitrogen and oxygen atoms in total. The first-order chi connectivity index (χ1) is 15.5. The summed E-state index contributed by atoms with van der Waals surface area (Å²) in [5.41, 5.74) is -0.297. The molecule has 0 saturated heterocycles. The Morgan fingerprint density at radius 1 is 1.09 bits per heavy atom. The van der Waals surface area contributed by atoms with Gasteiger partial charge in [-0.3, -0.25) is 14.9 Å². The number of carbonyl (C=O) groups excluding carboxylic acids is 3. The van der Waals surface area contributed by atoms with Gasteiger partial charge in [-0.05, 0) is 25.3 Å². The van der Waals surface area contributed by atoms with Crippen LogP contribution in [0.4, 0.5) is 4.79 Å². The number of aromatic nitrogens is 2. The van der Waals surface area contributed by atoms with Gasteiger partial charge in [-0.2, -0.15) is 5.10 Å². The molecule has 1 saturated carbocycles. The minimum absolute atomic E-state index is 0.0288. The number of urea groups is 1. The SMILES string of the molecule is CCCCCCn1nc(C(=O)OCC(=O)NC(=O)NC2CCCC2)c2ccccc2c1=O. The van der Waals surface area contributed by atoms with E-state index in [4.69, 9.17) is 4.74 Å². The van der Waals surface area contributed by atoms with Crippen molar-refractivity contribution in [2.45, 2.75) is 70.9 Å². The van der Waals surface area contributed by atoms with E-state index < -0.39 is 24.5 Å². The first kappa shape index (κ1) is 23.4. The molecular formula is C23H30N4O5. The van der Waals surface area contributed by atoms with E-state index in [2.05, 4.69) is 22.7 Å². The highest BCUT2D eigenvalue weighted by Crippen LogP contribution is 2.17. The van der Waals surface area contributed by atoms with Crippen molar-refractivity contribution in [3.63, 3.8) is 0 Å². The van der Waals surface area contributed by atoms with Crippen LogP contribution in [-0.2, 0) is 16.1 Å². The second-order valence-corrected chi connectivity index (χ2v) is 8.06.